The quantitative estimate of drug-likeness (QED) is 0.620. The number of halogens is 1. The lowest BCUT2D eigenvalue weighted by Crippen LogP contribution is -2.18. The van der Waals surface area contributed by atoms with Crippen LogP contribution in [-0.2, 0) is 4.79 Å². The van der Waals surface area contributed by atoms with Crippen molar-refractivity contribution in [2.45, 2.75) is 27.7 Å². The van der Waals surface area contributed by atoms with E-state index in [1.54, 1.807) is 42.5 Å². The molecule has 144 valence electrons. The molecular formula is C21H25BrN2O3. The van der Waals surface area contributed by atoms with E-state index in [1.165, 1.54) is 0 Å². The van der Waals surface area contributed by atoms with Gasteiger partial charge in [-0.15, -0.1) is 0 Å². The molecule has 0 bridgehead atoms. The minimum atomic E-state index is -0.238. The molecule has 0 aliphatic heterocycles. The maximum absolute atomic E-state index is 12.5. The van der Waals surface area contributed by atoms with E-state index in [4.69, 9.17) is 4.74 Å². The van der Waals surface area contributed by atoms with Crippen molar-refractivity contribution in [3.8, 4) is 5.75 Å². The van der Waals surface area contributed by atoms with Gasteiger partial charge in [-0.25, -0.2) is 0 Å². The molecule has 0 aliphatic carbocycles. The Morgan fingerprint density at radius 1 is 1.00 bits per heavy atom. The average molecular weight is 433 g/mol. The lowest BCUT2D eigenvalue weighted by atomic mass is 10.2. The molecule has 2 rings (SSSR count). The summed E-state index contributed by atoms with van der Waals surface area (Å²) in [6.07, 6.45) is 0. The standard InChI is InChI=1S/C21H25BrN2O3/c1-13(2)12-27-19-9-8-15(10-18(19)22)21(26)24-17-7-5-6-16(11-17)23-20(25)14(3)4/h5-11,13-14H,12H2,1-4H3,(H,23,25)(H,24,26). The molecule has 2 aromatic carbocycles. The summed E-state index contributed by atoms with van der Waals surface area (Å²) < 4.78 is 6.43. The lowest BCUT2D eigenvalue weighted by Gasteiger charge is -2.12. The van der Waals surface area contributed by atoms with E-state index < -0.39 is 0 Å². The van der Waals surface area contributed by atoms with E-state index >= 15 is 0 Å². The third-order valence-electron chi connectivity index (χ3n) is 3.68. The highest BCUT2D eigenvalue weighted by atomic mass is 79.9. The largest absolute Gasteiger partial charge is 0.492 e. The van der Waals surface area contributed by atoms with Crippen molar-refractivity contribution in [2.75, 3.05) is 17.2 Å². The first-order valence-electron chi connectivity index (χ1n) is 8.91. The molecule has 0 unspecified atom stereocenters. The first-order chi connectivity index (χ1) is 12.8. The molecule has 0 atom stereocenters. The molecule has 2 N–H and O–H groups in total. The van der Waals surface area contributed by atoms with Gasteiger partial charge in [-0.05, 0) is 58.2 Å². The van der Waals surface area contributed by atoms with Gasteiger partial charge in [0.1, 0.15) is 5.75 Å². The zero-order valence-electron chi connectivity index (χ0n) is 16.0. The van der Waals surface area contributed by atoms with Gasteiger partial charge >= 0.3 is 0 Å². The normalized spacial score (nSPS) is 10.8. The lowest BCUT2D eigenvalue weighted by molar-refractivity contribution is -0.118. The molecule has 0 spiro atoms. The summed E-state index contributed by atoms with van der Waals surface area (Å²) in [6, 6.07) is 12.3. The molecular weight excluding hydrogens is 408 g/mol. The van der Waals surface area contributed by atoms with Crippen LogP contribution in [0.2, 0.25) is 0 Å². The number of hydrogen-bond acceptors (Lipinski definition) is 3. The predicted octanol–water partition coefficient (Wildman–Crippen LogP) is 5.33. The second-order valence-electron chi connectivity index (χ2n) is 7.03. The second-order valence-corrected chi connectivity index (χ2v) is 7.88. The van der Waals surface area contributed by atoms with Gasteiger partial charge in [0.05, 0.1) is 11.1 Å². The third-order valence-corrected chi connectivity index (χ3v) is 4.30. The molecule has 0 heterocycles. The smallest absolute Gasteiger partial charge is 0.255 e. The highest BCUT2D eigenvalue weighted by Gasteiger charge is 2.11. The number of carbonyl (C=O) groups is 2. The Kier molecular flexibility index (Phi) is 7.42. The second kappa shape index (κ2) is 9.55. The molecule has 2 aromatic rings. The maximum atomic E-state index is 12.5. The van der Waals surface area contributed by atoms with E-state index in [1.807, 2.05) is 13.8 Å². The van der Waals surface area contributed by atoms with Crippen molar-refractivity contribution >= 4 is 39.1 Å². The first-order valence-corrected chi connectivity index (χ1v) is 9.70. The Labute approximate surface area is 168 Å². The summed E-state index contributed by atoms with van der Waals surface area (Å²) in [5.41, 5.74) is 1.76. The van der Waals surface area contributed by atoms with Gasteiger partial charge in [0, 0.05) is 22.9 Å². The molecule has 27 heavy (non-hydrogen) atoms. The van der Waals surface area contributed by atoms with Crippen molar-refractivity contribution in [1.82, 2.24) is 0 Å². The van der Waals surface area contributed by atoms with E-state index in [0.717, 1.165) is 4.47 Å². The Morgan fingerprint density at radius 2 is 1.67 bits per heavy atom. The van der Waals surface area contributed by atoms with Crippen LogP contribution in [0.4, 0.5) is 11.4 Å². The van der Waals surface area contributed by atoms with Crippen molar-refractivity contribution < 1.29 is 14.3 Å². The Morgan fingerprint density at radius 3 is 2.26 bits per heavy atom. The fourth-order valence-electron chi connectivity index (χ4n) is 2.18. The van der Waals surface area contributed by atoms with Crippen LogP contribution >= 0.6 is 15.9 Å². The number of benzene rings is 2. The maximum Gasteiger partial charge on any atom is 0.255 e. The summed E-state index contributed by atoms with van der Waals surface area (Å²) in [5, 5.41) is 5.67. The van der Waals surface area contributed by atoms with Crippen LogP contribution in [0.5, 0.6) is 5.75 Å². The van der Waals surface area contributed by atoms with Gasteiger partial charge in [0.25, 0.3) is 5.91 Å². The van der Waals surface area contributed by atoms with Gasteiger partial charge in [0.2, 0.25) is 5.91 Å². The molecule has 0 fully saturated rings. The number of carbonyl (C=O) groups excluding carboxylic acids is 2. The molecule has 6 heteroatoms. The van der Waals surface area contributed by atoms with Crippen LogP contribution in [0, 0.1) is 11.8 Å². The molecule has 0 aliphatic rings. The van der Waals surface area contributed by atoms with Crippen molar-refractivity contribution in [1.29, 1.82) is 0 Å². The first kappa shape index (κ1) is 21.0. The Hall–Kier alpha value is -2.34. The summed E-state index contributed by atoms with van der Waals surface area (Å²) in [5.74, 6) is 0.705. The van der Waals surface area contributed by atoms with Crippen LogP contribution in [0.3, 0.4) is 0 Å². The molecule has 0 saturated carbocycles. The van der Waals surface area contributed by atoms with E-state index in [-0.39, 0.29) is 17.7 Å². The average Bonchev–Trinajstić information content (AvgIpc) is 2.60. The topological polar surface area (TPSA) is 67.4 Å². The molecule has 0 saturated heterocycles. The van der Waals surface area contributed by atoms with Gasteiger partial charge < -0.3 is 15.4 Å². The van der Waals surface area contributed by atoms with Crippen LogP contribution < -0.4 is 15.4 Å². The SMILES string of the molecule is CC(C)COc1ccc(C(=O)Nc2cccc(NC(=O)C(C)C)c2)cc1Br. The van der Waals surface area contributed by atoms with Gasteiger partial charge in [0.15, 0.2) is 0 Å². The summed E-state index contributed by atoms with van der Waals surface area (Å²) in [4.78, 5) is 24.3. The van der Waals surface area contributed by atoms with Crippen LogP contribution in [-0.4, -0.2) is 18.4 Å². The van der Waals surface area contributed by atoms with Crippen molar-refractivity contribution in [3.63, 3.8) is 0 Å². The monoisotopic (exact) mass is 432 g/mol. The predicted molar refractivity (Wildman–Crippen MR) is 112 cm³/mol. The fourth-order valence-corrected chi connectivity index (χ4v) is 2.67. The van der Waals surface area contributed by atoms with Gasteiger partial charge in [-0.3, -0.25) is 9.59 Å². The van der Waals surface area contributed by atoms with E-state index in [0.29, 0.717) is 35.2 Å². The number of anilines is 2. The van der Waals surface area contributed by atoms with E-state index in [9.17, 15) is 9.59 Å². The molecule has 0 radical (unpaired) electrons. The van der Waals surface area contributed by atoms with Gasteiger partial charge in [-0.1, -0.05) is 33.8 Å². The third kappa shape index (κ3) is 6.40. The fraction of sp³-hybridized carbons (Fsp3) is 0.333. The highest BCUT2D eigenvalue weighted by molar-refractivity contribution is 9.10. The molecule has 5 nitrogen and oxygen atoms in total. The zero-order valence-corrected chi connectivity index (χ0v) is 17.6. The molecule has 0 aromatic heterocycles. The number of amides is 2. The Bertz CT molecular complexity index is 819. The number of rotatable bonds is 7. The summed E-state index contributed by atoms with van der Waals surface area (Å²) in [6.45, 7) is 8.42. The number of hydrogen-bond donors (Lipinski definition) is 2. The van der Waals surface area contributed by atoms with E-state index in [2.05, 4.69) is 40.4 Å². The number of ether oxygens (including phenoxy) is 1. The highest BCUT2D eigenvalue weighted by Crippen LogP contribution is 2.27. The van der Waals surface area contributed by atoms with Crippen LogP contribution in [0.15, 0.2) is 46.9 Å². The van der Waals surface area contributed by atoms with Crippen molar-refractivity contribution in [2.24, 2.45) is 11.8 Å². The minimum Gasteiger partial charge on any atom is -0.492 e. The molecule has 2 amide bonds. The zero-order chi connectivity index (χ0) is 20.0. The van der Waals surface area contributed by atoms with Crippen LogP contribution in [0.25, 0.3) is 0 Å². The van der Waals surface area contributed by atoms with Crippen molar-refractivity contribution in [3.05, 3.63) is 52.5 Å². The number of nitrogens with one attached hydrogen (secondary N) is 2. The Balaban J connectivity index is 2.06. The van der Waals surface area contributed by atoms with Crippen LogP contribution in [0.1, 0.15) is 38.1 Å². The summed E-state index contributed by atoms with van der Waals surface area (Å²) in [7, 11) is 0. The summed E-state index contributed by atoms with van der Waals surface area (Å²) >= 11 is 3.45. The van der Waals surface area contributed by atoms with Gasteiger partial charge in [-0.2, -0.15) is 0 Å². The minimum absolute atomic E-state index is 0.0700.